The summed E-state index contributed by atoms with van der Waals surface area (Å²) in [5.41, 5.74) is 1.65. The molecule has 118 valence electrons. The Morgan fingerprint density at radius 1 is 1.45 bits per heavy atom. The smallest absolute Gasteiger partial charge is 0.210 e. The monoisotopic (exact) mass is 404 g/mol. The number of aliphatic imine (C=N–C) groups is 1. The van der Waals surface area contributed by atoms with Crippen molar-refractivity contribution in [2.24, 2.45) is 4.99 Å². The van der Waals surface area contributed by atoms with Gasteiger partial charge in [0, 0.05) is 17.6 Å². The molecule has 0 bridgehead atoms. The maximum absolute atomic E-state index is 6.40. The van der Waals surface area contributed by atoms with Crippen LogP contribution in [0.4, 0.5) is 5.69 Å². The van der Waals surface area contributed by atoms with Crippen molar-refractivity contribution in [2.75, 3.05) is 39.2 Å². The van der Waals surface area contributed by atoms with Gasteiger partial charge in [-0.25, -0.2) is 4.99 Å². The molecule has 2 aliphatic heterocycles. The lowest BCUT2D eigenvalue weighted by molar-refractivity contribution is 0.366. The molecule has 2 heterocycles. The van der Waals surface area contributed by atoms with Gasteiger partial charge in [0.2, 0.25) is 5.22 Å². The summed E-state index contributed by atoms with van der Waals surface area (Å²) in [6, 6.07) is 1.81. The Bertz CT molecular complexity index is 675. The zero-order valence-electron chi connectivity index (χ0n) is 12.2. The van der Waals surface area contributed by atoms with Crippen molar-refractivity contribution < 1.29 is 4.74 Å². The lowest BCUT2D eigenvalue weighted by atomic mass is 10.1. The molecular weight excluding hydrogens is 391 g/mol. The molecule has 1 aromatic rings. The first-order valence-corrected chi connectivity index (χ1v) is 8.29. The highest BCUT2D eigenvalue weighted by Crippen LogP contribution is 2.43. The average Bonchev–Trinajstić information content (AvgIpc) is 2.60. The number of amidine groups is 1. The van der Waals surface area contributed by atoms with E-state index in [1.165, 1.54) is 0 Å². The summed E-state index contributed by atoms with van der Waals surface area (Å²) in [5.74, 6) is 1.45. The van der Waals surface area contributed by atoms with Gasteiger partial charge < -0.3 is 19.9 Å². The summed E-state index contributed by atoms with van der Waals surface area (Å²) in [6.07, 6.45) is 1.76. The Hall–Kier alpha value is -0.950. The topological polar surface area (TPSA) is 40.1 Å². The van der Waals surface area contributed by atoms with Crippen LogP contribution in [0.3, 0.4) is 0 Å². The van der Waals surface area contributed by atoms with Gasteiger partial charge in [-0.15, -0.1) is 0 Å². The van der Waals surface area contributed by atoms with Gasteiger partial charge >= 0.3 is 0 Å². The molecule has 0 radical (unpaired) electrons. The molecule has 1 N–H and O–H groups in total. The predicted octanol–water partition coefficient (Wildman–Crippen LogP) is 3.53. The summed E-state index contributed by atoms with van der Waals surface area (Å²) in [4.78, 5) is 8.69. The van der Waals surface area contributed by atoms with Crippen molar-refractivity contribution in [3.63, 3.8) is 0 Å². The third kappa shape index (κ3) is 2.93. The zero-order chi connectivity index (χ0) is 15.9. The Labute approximate surface area is 147 Å². The van der Waals surface area contributed by atoms with Crippen LogP contribution in [0.25, 0.3) is 0 Å². The molecule has 0 saturated carbocycles. The fourth-order valence-corrected chi connectivity index (χ4v) is 3.19. The van der Waals surface area contributed by atoms with Crippen LogP contribution in [0.15, 0.2) is 26.9 Å². The Morgan fingerprint density at radius 3 is 2.95 bits per heavy atom. The number of rotatable bonds is 3. The van der Waals surface area contributed by atoms with Crippen LogP contribution in [0.2, 0.25) is 5.02 Å². The van der Waals surface area contributed by atoms with Crippen molar-refractivity contribution >= 4 is 50.7 Å². The van der Waals surface area contributed by atoms with Crippen molar-refractivity contribution in [1.29, 1.82) is 0 Å². The van der Waals surface area contributed by atoms with Crippen LogP contribution in [0.1, 0.15) is 5.56 Å². The SMILES string of the molecule is CN(C)CCN1C=C(Cl)Oc2cc(Br)c(Cl)c3c2C1=NCN3. The van der Waals surface area contributed by atoms with Crippen molar-refractivity contribution in [2.45, 2.75) is 0 Å². The second-order valence-corrected chi connectivity index (χ2v) is 6.87. The number of ether oxygens (including phenoxy) is 1. The van der Waals surface area contributed by atoms with Gasteiger partial charge in [-0.2, -0.15) is 0 Å². The lowest BCUT2D eigenvalue weighted by Gasteiger charge is -2.27. The quantitative estimate of drug-likeness (QED) is 0.834. The molecule has 0 atom stereocenters. The highest BCUT2D eigenvalue weighted by atomic mass is 79.9. The van der Waals surface area contributed by atoms with E-state index >= 15 is 0 Å². The minimum atomic E-state index is 0.298. The Morgan fingerprint density at radius 2 is 2.23 bits per heavy atom. The van der Waals surface area contributed by atoms with Crippen molar-refractivity contribution in [3.8, 4) is 5.75 Å². The van der Waals surface area contributed by atoms with E-state index in [-0.39, 0.29) is 0 Å². The number of hydrogen-bond acceptors (Lipinski definition) is 5. The van der Waals surface area contributed by atoms with E-state index in [4.69, 9.17) is 27.9 Å². The average molecular weight is 406 g/mol. The summed E-state index contributed by atoms with van der Waals surface area (Å²) < 4.78 is 6.49. The highest BCUT2D eigenvalue weighted by Gasteiger charge is 2.29. The molecule has 5 nitrogen and oxygen atoms in total. The van der Waals surface area contributed by atoms with Crippen LogP contribution in [-0.4, -0.2) is 49.5 Å². The summed E-state index contributed by atoms with van der Waals surface area (Å²) in [5, 5.41) is 4.12. The van der Waals surface area contributed by atoms with Crippen LogP contribution < -0.4 is 10.1 Å². The first-order valence-electron chi connectivity index (χ1n) is 6.74. The van der Waals surface area contributed by atoms with Gasteiger partial charge in [0.05, 0.1) is 22.5 Å². The van der Waals surface area contributed by atoms with E-state index < -0.39 is 0 Å². The molecule has 0 aliphatic carbocycles. The van der Waals surface area contributed by atoms with E-state index in [1.54, 1.807) is 6.20 Å². The third-order valence-electron chi connectivity index (χ3n) is 3.42. The molecule has 3 rings (SSSR count). The number of halogens is 3. The van der Waals surface area contributed by atoms with E-state index in [0.717, 1.165) is 34.6 Å². The van der Waals surface area contributed by atoms with Crippen LogP contribution in [0, 0.1) is 0 Å². The fraction of sp³-hybridized carbons (Fsp3) is 0.357. The summed E-state index contributed by atoms with van der Waals surface area (Å²) >= 11 is 16.0. The minimum Gasteiger partial charge on any atom is -0.443 e. The number of anilines is 1. The highest BCUT2D eigenvalue weighted by molar-refractivity contribution is 9.10. The number of hydrogen-bond donors (Lipinski definition) is 1. The van der Waals surface area contributed by atoms with E-state index in [1.807, 2.05) is 25.1 Å². The van der Waals surface area contributed by atoms with Gasteiger partial charge in [0.15, 0.2) is 0 Å². The number of likely N-dealkylation sites (N-methyl/N-ethyl adjacent to an activating group) is 1. The molecule has 0 saturated heterocycles. The van der Waals surface area contributed by atoms with Gasteiger partial charge in [-0.3, -0.25) is 0 Å². The number of benzene rings is 1. The van der Waals surface area contributed by atoms with Crippen molar-refractivity contribution in [3.05, 3.63) is 32.5 Å². The molecule has 0 spiro atoms. The first kappa shape index (κ1) is 15.9. The standard InChI is InChI=1S/C14H15BrCl2N4O/c1-20(2)3-4-21-6-10(16)22-9-5-8(15)12(17)13-11(9)14(21)19-7-18-13/h5-6,18H,3-4,7H2,1-2H3. The molecule has 0 fully saturated rings. The number of nitrogens with zero attached hydrogens (tertiary/aromatic N) is 3. The second kappa shape index (κ2) is 6.28. The van der Waals surface area contributed by atoms with E-state index in [2.05, 4.69) is 31.1 Å². The van der Waals surface area contributed by atoms with Crippen LogP contribution in [-0.2, 0) is 0 Å². The Kier molecular flexibility index (Phi) is 4.54. The lowest BCUT2D eigenvalue weighted by Crippen LogP contribution is -2.35. The molecule has 0 aromatic heterocycles. The van der Waals surface area contributed by atoms with Gasteiger partial charge in [0.1, 0.15) is 18.3 Å². The van der Waals surface area contributed by atoms with Crippen LogP contribution >= 0.6 is 39.1 Å². The maximum Gasteiger partial charge on any atom is 0.210 e. The fourth-order valence-electron chi connectivity index (χ4n) is 2.37. The molecule has 8 heteroatoms. The summed E-state index contributed by atoms with van der Waals surface area (Å²) in [6.45, 7) is 2.07. The normalized spacial score (nSPS) is 16.4. The van der Waals surface area contributed by atoms with E-state index in [0.29, 0.717) is 22.7 Å². The minimum absolute atomic E-state index is 0.298. The van der Waals surface area contributed by atoms with Gasteiger partial charge in [-0.05, 0) is 47.7 Å². The van der Waals surface area contributed by atoms with Gasteiger partial charge in [0.25, 0.3) is 0 Å². The number of nitrogens with one attached hydrogen (secondary N) is 1. The Balaban J connectivity index is 2.10. The molecule has 0 unspecified atom stereocenters. The molecule has 22 heavy (non-hydrogen) atoms. The molecule has 2 aliphatic rings. The molecule has 0 amide bonds. The zero-order valence-corrected chi connectivity index (χ0v) is 15.3. The molecule has 1 aromatic carbocycles. The molecular formula is C14H15BrCl2N4O. The van der Waals surface area contributed by atoms with Gasteiger partial charge in [-0.1, -0.05) is 11.6 Å². The third-order valence-corrected chi connectivity index (χ3v) is 4.84. The largest absolute Gasteiger partial charge is 0.443 e. The van der Waals surface area contributed by atoms with Crippen molar-refractivity contribution in [1.82, 2.24) is 9.80 Å². The summed E-state index contributed by atoms with van der Waals surface area (Å²) in [7, 11) is 4.05. The maximum atomic E-state index is 6.40. The predicted molar refractivity (Wildman–Crippen MR) is 94.0 cm³/mol. The second-order valence-electron chi connectivity index (χ2n) is 5.27. The van der Waals surface area contributed by atoms with E-state index in [9.17, 15) is 0 Å². The first-order chi connectivity index (χ1) is 10.5. The van der Waals surface area contributed by atoms with Crippen LogP contribution in [0.5, 0.6) is 5.75 Å².